The third-order valence-electron chi connectivity index (χ3n) is 1.13. The summed E-state index contributed by atoms with van der Waals surface area (Å²) in [6.45, 7) is 5.77. The minimum absolute atomic E-state index is 0.796. The molecule has 0 aliphatic heterocycles. The molecule has 10 heavy (non-hydrogen) atoms. The molecule has 0 aromatic heterocycles. The SMILES string of the molecule is CCN=C=[N+](CC)N(C)C. The van der Waals surface area contributed by atoms with Gasteiger partial charge in [0, 0.05) is 14.1 Å². The van der Waals surface area contributed by atoms with Crippen LogP contribution in [-0.4, -0.2) is 42.9 Å². The summed E-state index contributed by atoms with van der Waals surface area (Å²) >= 11 is 0. The molecule has 0 radical (unpaired) electrons. The van der Waals surface area contributed by atoms with E-state index in [2.05, 4.69) is 17.9 Å². The highest BCUT2D eigenvalue weighted by Gasteiger charge is 1.95. The summed E-state index contributed by atoms with van der Waals surface area (Å²) < 4.78 is 1.92. The van der Waals surface area contributed by atoms with Gasteiger partial charge in [0.05, 0.1) is 0 Å². The average Bonchev–Trinajstić information content (AvgIpc) is 1.89. The van der Waals surface area contributed by atoms with Crippen LogP contribution in [0.5, 0.6) is 0 Å². The van der Waals surface area contributed by atoms with Crippen molar-refractivity contribution in [2.24, 2.45) is 4.99 Å². The van der Waals surface area contributed by atoms with E-state index in [9.17, 15) is 0 Å². The molecule has 0 unspecified atom stereocenters. The second-order valence-corrected chi connectivity index (χ2v) is 2.14. The highest BCUT2D eigenvalue weighted by molar-refractivity contribution is 5.33. The van der Waals surface area contributed by atoms with Crippen molar-refractivity contribution in [3.63, 3.8) is 0 Å². The third kappa shape index (κ3) is 3.25. The molecule has 58 valence electrons. The minimum atomic E-state index is 0.796. The molecular formula is C7H16N3+. The van der Waals surface area contributed by atoms with E-state index in [1.54, 1.807) is 0 Å². The van der Waals surface area contributed by atoms with Crippen molar-refractivity contribution in [3.8, 4) is 0 Å². The van der Waals surface area contributed by atoms with Crippen LogP contribution in [0.1, 0.15) is 13.8 Å². The van der Waals surface area contributed by atoms with Gasteiger partial charge in [0.1, 0.15) is 13.1 Å². The summed E-state index contributed by atoms with van der Waals surface area (Å²) in [5.74, 6) is 0. The zero-order valence-electron chi connectivity index (χ0n) is 7.26. The lowest BCUT2D eigenvalue weighted by Crippen LogP contribution is -2.26. The zero-order valence-corrected chi connectivity index (χ0v) is 7.26. The zero-order chi connectivity index (χ0) is 7.98. The molecule has 0 fully saturated rings. The van der Waals surface area contributed by atoms with Gasteiger partial charge >= 0.3 is 6.01 Å². The van der Waals surface area contributed by atoms with Crippen LogP contribution in [0.2, 0.25) is 0 Å². The van der Waals surface area contributed by atoms with Crippen molar-refractivity contribution >= 4 is 6.01 Å². The standard InChI is InChI=1S/C7H16N3/c1-5-8-7-10(6-2)9(3)4/h5-6H2,1-4H3/q+1. The highest BCUT2D eigenvalue weighted by atomic mass is 15.5. The molecule has 0 amide bonds. The molecule has 0 aliphatic carbocycles. The Balaban J connectivity index is 4.18. The van der Waals surface area contributed by atoms with E-state index in [-0.39, 0.29) is 0 Å². The van der Waals surface area contributed by atoms with E-state index in [1.807, 2.05) is 30.7 Å². The molecule has 0 N–H and O–H groups in total. The van der Waals surface area contributed by atoms with Gasteiger partial charge in [-0.05, 0) is 18.8 Å². The first-order valence-electron chi connectivity index (χ1n) is 3.59. The van der Waals surface area contributed by atoms with Crippen LogP contribution in [0.4, 0.5) is 0 Å². The third-order valence-corrected chi connectivity index (χ3v) is 1.13. The molecule has 0 spiro atoms. The van der Waals surface area contributed by atoms with Crippen molar-refractivity contribution in [3.05, 3.63) is 0 Å². The van der Waals surface area contributed by atoms with Gasteiger partial charge in [0.15, 0.2) is 0 Å². The number of aliphatic imine (C=N–C) groups is 1. The summed E-state index contributed by atoms with van der Waals surface area (Å²) in [6, 6.07) is 2.90. The van der Waals surface area contributed by atoms with Crippen LogP contribution in [0.3, 0.4) is 0 Å². The molecule has 3 heteroatoms. The Morgan fingerprint density at radius 3 is 2.30 bits per heavy atom. The average molecular weight is 142 g/mol. The second kappa shape index (κ2) is 5.00. The largest absolute Gasteiger partial charge is 0.332 e. The number of hydrazine groups is 1. The molecule has 0 saturated carbocycles. The monoisotopic (exact) mass is 142 g/mol. The Kier molecular flexibility index (Phi) is 4.59. The van der Waals surface area contributed by atoms with Gasteiger partial charge in [-0.1, -0.05) is 0 Å². The lowest BCUT2D eigenvalue weighted by Gasteiger charge is -2.08. The van der Waals surface area contributed by atoms with Crippen LogP contribution >= 0.6 is 0 Å². The first-order chi connectivity index (χ1) is 4.72. The smallest absolute Gasteiger partial charge is 0.247 e. The number of hydrogen-bond donors (Lipinski definition) is 0. The van der Waals surface area contributed by atoms with E-state index in [0.717, 1.165) is 13.1 Å². The fourth-order valence-electron chi connectivity index (χ4n) is 0.595. The van der Waals surface area contributed by atoms with E-state index in [0.29, 0.717) is 0 Å². The maximum Gasteiger partial charge on any atom is 0.332 e. The van der Waals surface area contributed by atoms with Crippen LogP contribution in [-0.2, 0) is 0 Å². The molecule has 0 saturated heterocycles. The van der Waals surface area contributed by atoms with E-state index >= 15 is 0 Å². The first kappa shape index (κ1) is 9.18. The Morgan fingerprint density at radius 2 is 2.00 bits per heavy atom. The maximum absolute atomic E-state index is 4.00. The summed E-state index contributed by atoms with van der Waals surface area (Å²) in [4.78, 5) is 4.00. The number of hydrogen-bond acceptors (Lipinski definition) is 2. The summed E-state index contributed by atoms with van der Waals surface area (Å²) in [6.07, 6.45) is 0. The van der Waals surface area contributed by atoms with Crippen molar-refractivity contribution in [2.45, 2.75) is 13.8 Å². The Labute approximate surface area is 62.7 Å². The molecule has 0 heterocycles. The van der Waals surface area contributed by atoms with Crippen molar-refractivity contribution in [1.29, 1.82) is 0 Å². The molecule has 0 aliphatic rings. The quantitative estimate of drug-likeness (QED) is 0.322. The normalized spacial score (nSPS) is 8.40. The Hall–Kier alpha value is -0.820. The van der Waals surface area contributed by atoms with E-state index in [1.165, 1.54) is 0 Å². The molecular weight excluding hydrogens is 126 g/mol. The minimum Gasteiger partial charge on any atom is -0.247 e. The Morgan fingerprint density at radius 1 is 1.40 bits per heavy atom. The summed E-state index contributed by atoms with van der Waals surface area (Å²) in [5, 5.41) is 1.96. The van der Waals surface area contributed by atoms with Gasteiger partial charge < -0.3 is 0 Å². The molecule has 3 nitrogen and oxygen atoms in total. The predicted octanol–water partition coefficient (Wildman–Crippen LogP) is 0.689. The van der Waals surface area contributed by atoms with Crippen LogP contribution in [0, 0.1) is 0 Å². The van der Waals surface area contributed by atoms with E-state index in [4.69, 9.17) is 0 Å². The first-order valence-corrected chi connectivity index (χ1v) is 3.59. The molecule has 0 bridgehead atoms. The van der Waals surface area contributed by atoms with Gasteiger partial charge in [-0.3, -0.25) is 0 Å². The van der Waals surface area contributed by atoms with Crippen LogP contribution in [0.15, 0.2) is 4.99 Å². The van der Waals surface area contributed by atoms with Gasteiger partial charge in [-0.15, -0.1) is 4.68 Å². The van der Waals surface area contributed by atoms with Gasteiger partial charge in [0.25, 0.3) is 0 Å². The van der Waals surface area contributed by atoms with Crippen LogP contribution in [0.25, 0.3) is 0 Å². The molecule has 0 aromatic rings. The van der Waals surface area contributed by atoms with Gasteiger partial charge in [-0.2, -0.15) is 0 Å². The molecule has 0 rings (SSSR count). The topological polar surface area (TPSA) is 18.6 Å². The van der Waals surface area contributed by atoms with E-state index < -0.39 is 0 Å². The second-order valence-electron chi connectivity index (χ2n) is 2.14. The Bertz CT molecular complexity index is 143. The molecule has 0 atom stereocenters. The van der Waals surface area contributed by atoms with Gasteiger partial charge in [-0.25, -0.2) is 5.01 Å². The number of rotatable bonds is 3. The number of nitrogens with zero attached hydrogens (tertiary/aromatic N) is 3. The fourth-order valence-corrected chi connectivity index (χ4v) is 0.595. The fraction of sp³-hybridized carbons (Fsp3) is 0.857. The van der Waals surface area contributed by atoms with Crippen molar-refractivity contribution in [2.75, 3.05) is 27.2 Å². The van der Waals surface area contributed by atoms with Crippen LogP contribution < -0.4 is 0 Å². The number of hydrazone groups is 1. The molecule has 0 aromatic carbocycles. The van der Waals surface area contributed by atoms with Crippen molar-refractivity contribution < 1.29 is 4.68 Å². The van der Waals surface area contributed by atoms with Crippen molar-refractivity contribution in [1.82, 2.24) is 5.01 Å². The van der Waals surface area contributed by atoms with Gasteiger partial charge in [0.2, 0.25) is 0 Å². The highest BCUT2D eigenvalue weighted by Crippen LogP contribution is 1.75. The lowest BCUT2D eigenvalue weighted by atomic mass is 10.7. The predicted molar refractivity (Wildman–Crippen MR) is 42.5 cm³/mol. The maximum atomic E-state index is 4.00. The lowest BCUT2D eigenvalue weighted by molar-refractivity contribution is -0.671. The summed E-state index contributed by atoms with van der Waals surface area (Å²) in [5.41, 5.74) is 0. The summed E-state index contributed by atoms with van der Waals surface area (Å²) in [7, 11) is 3.95.